The van der Waals surface area contributed by atoms with E-state index in [9.17, 15) is 4.79 Å². The minimum absolute atomic E-state index is 0.274. The summed E-state index contributed by atoms with van der Waals surface area (Å²) in [5.41, 5.74) is 0.723. The molecule has 2 heterocycles. The van der Waals surface area contributed by atoms with Crippen LogP contribution in [0.5, 0.6) is 0 Å². The highest BCUT2D eigenvalue weighted by Crippen LogP contribution is 2.24. The Balaban J connectivity index is 2.32. The number of nitrogens with zero attached hydrogens (tertiary/aromatic N) is 3. The molecule has 0 saturated carbocycles. The Bertz CT molecular complexity index is 750. The van der Waals surface area contributed by atoms with Gasteiger partial charge in [-0.2, -0.15) is 9.78 Å². The van der Waals surface area contributed by atoms with E-state index in [0.717, 1.165) is 5.69 Å². The molecule has 2 aromatic rings. The van der Waals surface area contributed by atoms with Crippen LogP contribution in [-0.2, 0) is 4.79 Å². The van der Waals surface area contributed by atoms with Crippen LogP contribution in [0.2, 0.25) is 10.0 Å². The minimum Gasteiger partial charge on any atom is -0.307 e. The highest BCUT2D eigenvalue weighted by molar-refractivity contribution is 6.35. The molecule has 7 heteroatoms. The molecule has 0 atom stereocenters. The molecule has 0 spiro atoms. The Morgan fingerprint density at radius 2 is 2.09 bits per heavy atom. The molecule has 114 valence electrons. The zero-order valence-corrected chi connectivity index (χ0v) is 13.6. The summed E-state index contributed by atoms with van der Waals surface area (Å²) in [6.07, 6.45) is 8.13. The Morgan fingerprint density at radius 1 is 1.32 bits per heavy atom. The molecule has 0 aliphatic heterocycles. The van der Waals surface area contributed by atoms with Crippen molar-refractivity contribution >= 4 is 34.9 Å². The summed E-state index contributed by atoms with van der Waals surface area (Å²) < 4.78 is 1.47. The van der Waals surface area contributed by atoms with Crippen LogP contribution in [0.4, 0.5) is 5.82 Å². The lowest BCUT2D eigenvalue weighted by molar-refractivity contribution is -0.111. The van der Waals surface area contributed by atoms with Gasteiger partial charge < -0.3 is 5.32 Å². The van der Waals surface area contributed by atoms with Gasteiger partial charge in [-0.3, -0.25) is 4.79 Å². The SMILES string of the molecule is C/C=C/C=C/C(=O)Nc1cc(C)nn1-c1ncc(Cl)cc1Cl. The standard InChI is InChI=1S/C15H14Cl2N4O/c1-3-4-5-6-14(22)19-13-7-10(2)20-21(13)15-12(17)8-11(16)9-18-15/h3-9H,1-2H3,(H,19,22)/b4-3+,6-5+. The summed E-state index contributed by atoms with van der Waals surface area (Å²) in [5.74, 6) is 0.598. The normalized spacial score (nSPS) is 11.5. The summed E-state index contributed by atoms with van der Waals surface area (Å²) in [4.78, 5) is 16.0. The average molecular weight is 337 g/mol. The number of hydrogen-bond donors (Lipinski definition) is 1. The van der Waals surface area contributed by atoms with Gasteiger partial charge in [0.2, 0.25) is 5.91 Å². The topological polar surface area (TPSA) is 59.8 Å². The van der Waals surface area contributed by atoms with E-state index in [-0.39, 0.29) is 5.91 Å². The number of nitrogens with one attached hydrogen (secondary N) is 1. The van der Waals surface area contributed by atoms with E-state index in [1.54, 1.807) is 24.3 Å². The predicted octanol–water partition coefficient (Wildman–Crippen LogP) is 3.95. The van der Waals surface area contributed by atoms with Gasteiger partial charge in [-0.05, 0) is 19.9 Å². The van der Waals surface area contributed by atoms with Crippen molar-refractivity contribution in [2.24, 2.45) is 0 Å². The number of aryl methyl sites for hydroxylation is 1. The van der Waals surface area contributed by atoms with E-state index < -0.39 is 0 Å². The number of rotatable bonds is 4. The van der Waals surface area contributed by atoms with Crippen LogP contribution in [-0.4, -0.2) is 20.7 Å². The molecule has 0 bridgehead atoms. The van der Waals surface area contributed by atoms with E-state index in [0.29, 0.717) is 21.7 Å². The van der Waals surface area contributed by atoms with Crippen molar-refractivity contribution in [3.8, 4) is 5.82 Å². The van der Waals surface area contributed by atoms with Crippen LogP contribution in [0.1, 0.15) is 12.6 Å². The van der Waals surface area contributed by atoms with Crippen LogP contribution in [0.15, 0.2) is 42.6 Å². The fraction of sp³-hybridized carbons (Fsp3) is 0.133. The highest BCUT2D eigenvalue weighted by Gasteiger charge is 2.13. The molecule has 2 rings (SSSR count). The van der Waals surface area contributed by atoms with Crippen LogP contribution in [0, 0.1) is 6.92 Å². The Kier molecular flexibility index (Phi) is 5.35. The zero-order valence-electron chi connectivity index (χ0n) is 12.0. The summed E-state index contributed by atoms with van der Waals surface area (Å²) in [6.45, 7) is 3.68. The number of halogens is 2. The third-order valence-corrected chi connectivity index (χ3v) is 3.11. The zero-order chi connectivity index (χ0) is 16.1. The third-order valence-electron chi connectivity index (χ3n) is 2.62. The number of allylic oxidation sites excluding steroid dienone is 3. The van der Waals surface area contributed by atoms with Gasteiger partial charge in [0.1, 0.15) is 5.82 Å². The van der Waals surface area contributed by atoms with Gasteiger partial charge in [0.05, 0.1) is 15.7 Å². The first-order chi connectivity index (χ1) is 10.5. The molecule has 1 N–H and O–H groups in total. The maximum Gasteiger partial charge on any atom is 0.249 e. The van der Waals surface area contributed by atoms with E-state index in [2.05, 4.69) is 15.4 Å². The second-order valence-corrected chi connectivity index (χ2v) is 5.26. The molecule has 0 aliphatic carbocycles. The summed E-state index contributed by atoms with van der Waals surface area (Å²) in [5, 5.41) is 7.81. The Hall–Kier alpha value is -2.11. The third kappa shape index (κ3) is 3.96. The molecule has 0 aromatic carbocycles. The molecule has 1 amide bonds. The number of aromatic nitrogens is 3. The minimum atomic E-state index is -0.274. The van der Waals surface area contributed by atoms with Crippen molar-refractivity contribution in [3.63, 3.8) is 0 Å². The van der Waals surface area contributed by atoms with Crippen molar-refractivity contribution in [1.29, 1.82) is 0 Å². The van der Waals surface area contributed by atoms with Crippen molar-refractivity contribution < 1.29 is 4.79 Å². The van der Waals surface area contributed by atoms with Crippen LogP contribution in [0.3, 0.4) is 0 Å². The smallest absolute Gasteiger partial charge is 0.249 e. The predicted molar refractivity (Wildman–Crippen MR) is 88.7 cm³/mol. The van der Waals surface area contributed by atoms with E-state index in [4.69, 9.17) is 23.2 Å². The fourth-order valence-corrected chi connectivity index (χ4v) is 2.20. The van der Waals surface area contributed by atoms with Gasteiger partial charge in [0, 0.05) is 18.3 Å². The first-order valence-corrected chi connectivity index (χ1v) is 7.25. The second kappa shape index (κ2) is 7.24. The molecule has 5 nitrogen and oxygen atoms in total. The maximum absolute atomic E-state index is 11.9. The summed E-state index contributed by atoms with van der Waals surface area (Å²) in [6, 6.07) is 3.30. The highest BCUT2D eigenvalue weighted by atomic mass is 35.5. The van der Waals surface area contributed by atoms with E-state index in [1.807, 2.05) is 19.9 Å². The lowest BCUT2D eigenvalue weighted by atomic mass is 10.4. The number of carbonyl (C=O) groups is 1. The Morgan fingerprint density at radius 3 is 2.77 bits per heavy atom. The average Bonchev–Trinajstić information content (AvgIpc) is 2.79. The molecule has 0 fully saturated rings. The van der Waals surface area contributed by atoms with Crippen molar-refractivity contribution in [2.75, 3.05) is 5.32 Å². The van der Waals surface area contributed by atoms with Crippen LogP contribution < -0.4 is 5.32 Å². The van der Waals surface area contributed by atoms with Gasteiger partial charge in [0.15, 0.2) is 5.82 Å². The molecular weight excluding hydrogens is 323 g/mol. The van der Waals surface area contributed by atoms with Crippen molar-refractivity contribution in [3.05, 3.63) is 58.4 Å². The molecule has 0 saturated heterocycles. The lowest BCUT2D eigenvalue weighted by Gasteiger charge is -2.08. The number of amides is 1. The molecule has 0 unspecified atom stereocenters. The fourth-order valence-electron chi connectivity index (χ4n) is 1.74. The molecule has 2 aromatic heterocycles. The van der Waals surface area contributed by atoms with Gasteiger partial charge >= 0.3 is 0 Å². The number of carbonyl (C=O) groups excluding carboxylic acids is 1. The number of pyridine rings is 1. The number of hydrogen-bond acceptors (Lipinski definition) is 3. The summed E-state index contributed by atoms with van der Waals surface area (Å²) >= 11 is 12.0. The summed E-state index contributed by atoms with van der Waals surface area (Å²) in [7, 11) is 0. The van der Waals surface area contributed by atoms with Crippen molar-refractivity contribution in [1.82, 2.24) is 14.8 Å². The molecule has 0 radical (unpaired) electrons. The molecular formula is C15H14Cl2N4O. The largest absolute Gasteiger partial charge is 0.307 e. The first kappa shape index (κ1) is 16.3. The van der Waals surface area contributed by atoms with Crippen molar-refractivity contribution in [2.45, 2.75) is 13.8 Å². The Labute approximate surface area is 138 Å². The van der Waals surface area contributed by atoms with Crippen LogP contribution in [0.25, 0.3) is 5.82 Å². The lowest BCUT2D eigenvalue weighted by Crippen LogP contribution is -2.13. The van der Waals surface area contributed by atoms with E-state index in [1.165, 1.54) is 17.0 Å². The van der Waals surface area contributed by atoms with E-state index >= 15 is 0 Å². The van der Waals surface area contributed by atoms with Gasteiger partial charge in [0.25, 0.3) is 0 Å². The molecule has 0 aliphatic rings. The van der Waals surface area contributed by atoms with Gasteiger partial charge in [-0.25, -0.2) is 4.98 Å². The number of anilines is 1. The van der Waals surface area contributed by atoms with Gasteiger partial charge in [-0.15, -0.1) is 0 Å². The maximum atomic E-state index is 11.9. The second-order valence-electron chi connectivity index (χ2n) is 4.42. The van der Waals surface area contributed by atoms with Gasteiger partial charge in [-0.1, -0.05) is 41.4 Å². The first-order valence-electron chi connectivity index (χ1n) is 6.49. The quantitative estimate of drug-likeness (QED) is 0.679. The molecule has 22 heavy (non-hydrogen) atoms. The van der Waals surface area contributed by atoms with Crippen LogP contribution >= 0.6 is 23.2 Å². The monoisotopic (exact) mass is 336 g/mol.